The van der Waals surface area contributed by atoms with E-state index in [1.807, 2.05) is 11.5 Å². The van der Waals surface area contributed by atoms with E-state index in [0.29, 0.717) is 5.52 Å². The third-order valence-electron chi connectivity index (χ3n) is 2.16. The van der Waals surface area contributed by atoms with E-state index in [1.54, 1.807) is 12.4 Å². The van der Waals surface area contributed by atoms with Gasteiger partial charge >= 0.3 is 6.61 Å². The van der Waals surface area contributed by atoms with Crippen LogP contribution in [0.4, 0.5) is 8.78 Å². The molecule has 0 unspecified atom stereocenters. The number of fused-ring (bicyclic) bond motifs is 1. The molecule has 0 bridgehead atoms. The summed E-state index contributed by atoms with van der Waals surface area (Å²) in [5.74, 6) is 0.138. The molecule has 1 aromatic heterocycles. The van der Waals surface area contributed by atoms with Crippen LogP contribution in [0.15, 0.2) is 24.5 Å². The fourth-order valence-corrected chi connectivity index (χ4v) is 1.47. The van der Waals surface area contributed by atoms with Gasteiger partial charge in [-0.1, -0.05) is 0 Å². The molecular weight excluding hydrogens is 202 g/mol. The summed E-state index contributed by atoms with van der Waals surface area (Å²) in [4.78, 5) is 4.10. The van der Waals surface area contributed by atoms with Crippen LogP contribution in [0, 0.1) is 0 Å². The van der Waals surface area contributed by atoms with Crippen molar-refractivity contribution in [1.29, 1.82) is 0 Å². The van der Waals surface area contributed by atoms with Gasteiger partial charge in [-0.25, -0.2) is 4.98 Å². The van der Waals surface area contributed by atoms with Crippen LogP contribution < -0.4 is 4.74 Å². The van der Waals surface area contributed by atoms with Crippen molar-refractivity contribution in [1.82, 2.24) is 9.55 Å². The smallest absolute Gasteiger partial charge is 0.387 e. The molecule has 15 heavy (non-hydrogen) atoms. The maximum atomic E-state index is 11.9. The van der Waals surface area contributed by atoms with Crippen molar-refractivity contribution in [2.75, 3.05) is 0 Å². The number of alkyl halides is 2. The fourth-order valence-electron chi connectivity index (χ4n) is 1.47. The number of aromatic nitrogens is 2. The minimum atomic E-state index is -2.80. The average Bonchev–Trinajstić information content (AvgIpc) is 2.58. The van der Waals surface area contributed by atoms with Crippen molar-refractivity contribution in [3.05, 3.63) is 24.5 Å². The second kappa shape index (κ2) is 3.84. The van der Waals surface area contributed by atoms with Crippen LogP contribution in [-0.2, 0) is 6.54 Å². The molecule has 0 aliphatic carbocycles. The van der Waals surface area contributed by atoms with Crippen LogP contribution in [0.2, 0.25) is 0 Å². The maximum Gasteiger partial charge on any atom is 0.387 e. The number of ether oxygens (including phenoxy) is 1. The first-order chi connectivity index (χ1) is 7.20. The highest BCUT2D eigenvalue weighted by Crippen LogP contribution is 2.21. The number of hydrogen-bond acceptors (Lipinski definition) is 2. The Hall–Kier alpha value is -1.65. The zero-order chi connectivity index (χ0) is 10.8. The number of hydrogen-bond donors (Lipinski definition) is 0. The second-order valence-electron chi connectivity index (χ2n) is 3.06. The summed E-state index contributed by atoms with van der Waals surface area (Å²) in [5.41, 5.74) is 1.58. The van der Waals surface area contributed by atoms with E-state index in [-0.39, 0.29) is 5.75 Å². The molecule has 0 radical (unpaired) electrons. The normalized spacial score (nSPS) is 11.2. The SMILES string of the molecule is CCn1cnc2cc(OC(F)F)ccc21. The second-order valence-corrected chi connectivity index (χ2v) is 3.06. The summed E-state index contributed by atoms with van der Waals surface area (Å²) in [5, 5.41) is 0. The molecule has 0 spiro atoms. The van der Waals surface area contributed by atoms with Gasteiger partial charge in [-0.3, -0.25) is 0 Å². The average molecular weight is 212 g/mol. The van der Waals surface area contributed by atoms with Gasteiger partial charge in [0.2, 0.25) is 0 Å². The lowest BCUT2D eigenvalue weighted by Crippen LogP contribution is -2.01. The Bertz CT molecular complexity index is 467. The molecule has 2 aromatic rings. The van der Waals surface area contributed by atoms with Gasteiger partial charge in [0.15, 0.2) is 0 Å². The number of imidazole rings is 1. The van der Waals surface area contributed by atoms with Crippen LogP contribution in [0.1, 0.15) is 6.92 Å². The molecule has 3 nitrogen and oxygen atoms in total. The predicted molar refractivity (Wildman–Crippen MR) is 52.0 cm³/mol. The molecule has 2 rings (SSSR count). The van der Waals surface area contributed by atoms with Gasteiger partial charge in [0.25, 0.3) is 0 Å². The molecule has 0 atom stereocenters. The first-order valence-electron chi connectivity index (χ1n) is 4.60. The topological polar surface area (TPSA) is 27.1 Å². The summed E-state index contributed by atoms with van der Waals surface area (Å²) in [6, 6.07) is 4.75. The van der Waals surface area contributed by atoms with Gasteiger partial charge in [-0.15, -0.1) is 0 Å². The molecule has 5 heteroatoms. The lowest BCUT2D eigenvalue weighted by Gasteiger charge is -2.04. The summed E-state index contributed by atoms with van der Waals surface area (Å²) in [6.45, 7) is -0.00770. The number of aryl methyl sites for hydroxylation is 1. The summed E-state index contributed by atoms with van der Waals surface area (Å²) in [6.07, 6.45) is 1.68. The van der Waals surface area contributed by atoms with Gasteiger partial charge in [-0.05, 0) is 19.1 Å². The lowest BCUT2D eigenvalue weighted by molar-refractivity contribution is -0.0497. The van der Waals surface area contributed by atoms with Crippen molar-refractivity contribution in [2.24, 2.45) is 0 Å². The Morgan fingerprint density at radius 1 is 1.47 bits per heavy atom. The van der Waals surface area contributed by atoms with Gasteiger partial charge < -0.3 is 9.30 Å². The Kier molecular flexibility index (Phi) is 2.53. The molecule has 0 N–H and O–H groups in total. The van der Waals surface area contributed by atoms with E-state index in [2.05, 4.69) is 9.72 Å². The quantitative estimate of drug-likeness (QED) is 0.782. The molecule has 80 valence electrons. The van der Waals surface area contributed by atoms with Crippen LogP contribution >= 0.6 is 0 Å². The van der Waals surface area contributed by atoms with Crippen molar-refractivity contribution in [2.45, 2.75) is 20.1 Å². The predicted octanol–water partition coefficient (Wildman–Crippen LogP) is 2.66. The van der Waals surface area contributed by atoms with Gasteiger partial charge in [0.05, 0.1) is 17.4 Å². The molecule has 0 aliphatic rings. The Labute approximate surface area is 85.3 Å². The zero-order valence-corrected chi connectivity index (χ0v) is 8.15. The van der Waals surface area contributed by atoms with Crippen molar-refractivity contribution >= 4 is 11.0 Å². The monoisotopic (exact) mass is 212 g/mol. The van der Waals surface area contributed by atoms with E-state index in [9.17, 15) is 8.78 Å². The Balaban J connectivity index is 2.39. The van der Waals surface area contributed by atoms with Crippen LogP contribution in [0.3, 0.4) is 0 Å². The third kappa shape index (κ3) is 1.91. The van der Waals surface area contributed by atoms with Crippen molar-refractivity contribution in [3.63, 3.8) is 0 Å². The standard InChI is InChI=1S/C10H10F2N2O/c1-2-14-6-13-8-5-7(15-10(11)12)3-4-9(8)14/h3-6,10H,2H2,1H3. The molecule has 0 aliphatic heterocycles. The van der Waals surface area contributed by atoms with Crippen LogP contribution in [0.25, 0.3) is 11.0 Å². The molecular formula is C10H10F2N2O. The van der Waals surface area contributed by atoms with E-state index in [0.717, 1.165) is 12.1 Å². The number of nitrogens with zero attached hydrogens (tertiary/aromatic N) is 2. The van der Waals surface area contributed by atoms with Crippen molar-refractivity contribution < 1.29 is 13.5 Å². The van der Waals surface area contributed by atoms with E-state index >= 15 is 0 Å². The zero-order valence-electron chi connectivity index (χ0n) is 8.15. The third-order valence-corrected chi connectivity index (χ3v) is 2.16. The largest absolute Gasteiger partial charge is 0.435 e. The highest BCUT2D eigenvalue weighted by Gasteiger charge is 2.07. The molecule has 0 amide bonds. The minimum absolute atomic E-state index is 0.138. The van der Waals surface area contributed by atoms with E-state index in [4.69, 9.17) is 0 Å². The molecule has 0 fully saturated rings. The van der Waals surface area contributed by atoms with Gasteiger partial charge in [0, 0.05) is 12.6 Å². The highest BCUT2D eigenvalue weighted by atomic mass is 19.3. The lowest BCUT2D eigenvalue weighted by atomic mass is 10.3. The Morgan fingerprint density at radius 2 is 2.27 bits per heavy atom. The van der Waals surface area contributed by atoms with Crippen molar-refractivity contribution in [3.8, 4) is 5.75 Å². The molecule has 1 aromatic carbocycles. The van der Waals surface area contributed by atoms with Crippen LogP contribution in [-0.4, -0.2) is 16.2 Å². The summed E-state index contributed by atoms with van der Waals surface area (Å²) >= 11 is 0. The first-order valence-corrected chi connectivity index (χ1v) is 4.60. The molecule has 0 saturated heterocycles. The number of rotatable bonds is 3. The summed E-state index contributed by atoms with van der Waals surface area (Å²) < 4.78 is 30.1. The molecule has 1 heterocycles. The number of halogens is 2. The molecule has 0 saturated carbocycles. The summed E-state index contributed by atoms with van der Waals surface area (Å²) in [7, 11) is 0. The Morgan fingerprint density at radius 3 is 2.93 bits per heavy atom. The fraction of sp³-hybridized carbons (Fsp3) is 0.300. The first kappa shape index (κ1) is 9.89. The maximum absolute atomic E-state index is 11.9. The minimum Gasteiger partial charge on any atom is -0.435 e. The van der Waals surface area contributed by atoms with E-state index in [1.165, 1.54) is 12.1 Å². The van der Waals surface area contributed by atoms with Crippen LogP contribution in [0.5, 0.6) is 5.75 Å². The van der Waals surface area contributed by atoms with Gasteiger partial charge in [-0.2, -0.15) is 8.78 Å². The van der Waals surface area contributed by atoms with Gasteiger partial charge in [0.1, 0.15) is 5.75 Å². The number of benzene rings is 1. The van der Waals surface area contributed by atoms with E-state index < -0.39 is 6.61 Å². The highest BCUT2D eigenvalue weighted by molar-refractivity contribution is 5.76.